The molecular formula is C27H28FN7O3. The third-order valence-corrected chi connectivity index (χ3v) is 6.87. The molecule has 1 fully saturated rings. The number of nitrogens with zero attached hydrogens (tertiary/aromatic N) is 6. The maximum atomic E-state index is 14.3. The van der Waals surface area contributed by atoms with Crippen molar-refractivity contribution < 1.29 is 18.6 Å². The maximum Gasteiger partial charge on any atom is 0.164 e. The normalized spacial score (nSPS) is 16.4. The van der Waals surface area contributed by atoms with Crippen molar-refractivity contribution in [1.29, 1.82) is 0 Å². The molecule has 0 saturated carbocycles. The fraction of sp³-hybridized carbons (Fsp3) is 0.333. The second kappa shape index (κ2) is 10.3. The molecule has 4 heterocycles. The van der Waals surface area contributed by atoms with E-state index in [2.05, 4.69) is 15.0 Å². The van der Waals surface area contributed by atoms with E-state index in [4.69, 9.17) is 25.0 Å². The lowest BCUT2D eigenvalue weighted by molar-refractivity contribution is 0.0673. The molecule has 6 rings (SSSR count). The Kier molecular flexibility index (Phi) is 6.50. The molecule has 196 valence electrons. The lowest BCUT2D eigenvalue weighted by Gasteiger charge is -2.22. The third kappa shape index (κ3) is 4.84. The van der Waals surface area contributed by atoms with Gasteiger partial charge in [0.2, 0.25) is 0 Å². The third-order valence-electron chi connectivity index (χ3n) is 6.87. The predicted molar refractivity (Wildman–Crippen MR) is 139 cm³/mol. The largest absolute Gasteiger partial charge is 0.487 e. The van der Waals surface area contributed by atoms with Crippen LogP contribution in [-0.2, 0) is 18.4 Å². The molecule has 0 amide bonds. The molecule has 2 aliphatic rings. The first kappa shape index (κ1) is 24.1. The van der Waals surface area contributed by atoms with Gasteiger partial charge in [0, 0.05) is 44.9 Å². The summed E-state index contributed by atoms with van der Waals surface area (Å²) in [5, 5.41) is 5.71. The number of rotatable bonds is 7. The topological polar surface area (TPSA) is 115 Å². The number of aryl methyl sites for hydroxylation is 1. The molecule has 3 aromatic heterocycles. The molecule has 1 aliphatic heterocycles. The van der Waals surface area contributed by atoms with E-state index in [9.17, 15) is 4.39 Å². The lowest BCUT2D eigenvalue weighted by atomic mass is 9.99. The van der Waals surface area contributed by atoms with Crippen LogP contribution < -0.4 is 15.2 Å². The average molecular weight is 518 g/mol. The summed E-state index contributed by atoms with van der Waals surface area (Å²) in [5.41, 5.74) is 9.71. The molecule has 0 atom stereocenters. The Morgan fingerprint density at radius 3 is 2.71 bits per heavy atom. The lowest BCUT2D eigenvalue weighted by Crippen LogP contribution is -2.20. The van der Waals surface area contributed by atoms with E-state index in [0.29, 0.717) is 49.1 Å². The summed E-state index contributed by atoms with van der Waals surface area (Å²) in [6, 6.07) is 4.57. The Morgan fingerprint density at radius 1 is 1.11 bits per heavy atom. The number of ether oxygens (including phenoxy) is 3. The molecular weight excluding hydrogens is 489 g/mol. The molecule has 38 heavy (non-hydrogen) atoms. The summed E-state index contributed by atoms with van der Waals surface area (Å²) in [6.07, 6.45) is 11.8. The van der Waals surface area contributed by atoms with Crippen LogP contribution in [-0.4, -0.2) is 42.5 Å². The summed E-state index contributed by atoms with van der Waals surface area (Å²) in [7, 11) is 1.88. The molecule has 10 nitrogen and oxygen atoms in total. The number of allylic oxidation sites excluding steroid dienone is 4. The molecule has 0 spiro atoms. The van der Waals surface area contributed by atoms with Gasteiger partial charge in [-0.25, -0.2) is 24.0 Å². The molecule has 4 aromatic rings. The molecule has 1 aliphatic carbocycles. The highest BCUT2D eigenvalue weighted by Gasteiger charge is 2.25. The number of nitrogens with two attached hydrogens (primary N) is 1. The van der Waals surface area contributed by atoms with Gasteiger partial charge in [-0.2, -0.15) is 5.10 Å². The minimum Gasteiger partial charge on any atom is -0.487 e. The Labute approximate surface area is 218 Å². The van der Waals surface area contributed by atoms with Gasteiger partial charge in [0.1, 0.15) is 47.5 Å². The van der Waals surface area contributed by atoms with Gasteiger partial charge in [0.05, 0.1) is 29.6 Å². The highest BCUT2D eigenvalue weighted by atomic mass is 19.1. The van der Waals surface area contributed by atoms with Gasteiger partial charge in [0.25, 0.3) is 0 Å². The zero-order valence-corrected chi connectivity index (χ0v) is 21.0. The van der Waals surface area contributed by atoms with Crippen LogP contribution in [0.5, 0.6) is 11.5 Å². The number of hydrogen-bond acceptors (Lipinski definition) is 8. The van der Waals surface area contributed by atoms with Crippen LogP contribution >= 0.6 is 0 Å². The van der Waals surface area contributed by atoms with E-state index in [0.717, 1.165) is 40.8 Å². The number of nitrogen functional groups attached to an aromatic ring is 1. The Morgan fingerprint density at radius 2 is 1.95 bits per heavy atom. The summed E-state index contributed by atoms with van der Waals surface area (Å²) >= 11 is 0. The molecule has 0 radical (unpaired) electrons. The molecule has 1 saturated heterocycles. The minimum atomic E-state index is -0.434. The van der Waals surface area contributed by atoms with Crippen LogP contribution in [0.4, 0.5) is 10.2 Å². The van der Waals surface area contributed by atoms with E-state index >= 15 is 0 Å². The quantitative estimate of drug-likeness (QED) is 0.385. The van der Waals surface area contributed by atoms with Gasteiger partial charge >= 0.3 is 0 Å². The molecule has 11 heteroatoms. The number of fused-ring (bicyclic) bond motifs is 1. The van der Waals surface area contributed by atoms with Crippen LogP contribution in [0.2, 0.25) is 0 Å². The van der Waals surface area contributed by atoms with Crippen LogP contribution in [0, 0.1) is 5.82 Å². The molecule has 0 unspecified atom stereocenters. The van der Waals surface area contributed by atoms with E-state index in [-0.39, 0.29) is 12.6 Å². The number of benzene rings is 1. The van der Waals surface area contributed by atoms with E-state index in [1.54, 1.807) is 18.6 Å². The zero-order valence-electron chi connectivity index (χ0n) is 21.0. The summed E-state index contributed by atoms with van der Waals surface area (Å²) < 4.78 is 35.4. The number of imidazole rings is 1. The zero-order chi connectivity index (χ0) is 26.1. The van der Waals surface area contributed by atoms with E-state index in [1.807, 2.05) is 28.4 Å². The van der Waals surface area contributed by atoms with Crippen molar-refractivity contribution in [3.05, 3.63) is 72.2 Å². The van der Waals surface area contributed by atoms with Crippen molar-refractivity contribution in [2.24, 2.45) is 7.05 Å². The first-order chi connectivity index (χ1) is 18.5. The predicted octanol–water partition coefficient (Wildman–Crippen LogP) is 4.35. The Bertz CT molecular complexity index is 1530. The van der Waals surface area contributed by atoms with Crippen molar-refractivity contribution in [1.82, 2.24) is 29.3 Å². The Balaban J connectivity index is 1.23. The fourth-order valence-electron chi connectivity index (χ4n) is 4.82. The van der Waals surface area contributed by atoms with Crippen LogP contribution in [0.1, 0.15) is 43.1 Å². The van der Waals surface area contributed by atoms with Crippen molar-refractivity contribution >= 4 is 22.4 Å². The van der Waals surface area contributed by atoms with Gasteiger partial charge in [-0.1, -0.05) is 6.08 Å². The number of halogens is 1. The summed E-state index contributed by atoms with van der Waals surface area (Å²) in [5.74, 6) is 1.45. The number of anilines is 1. The highest BCUT2D eigenvalue weighted by Crippen LogP contribution is 2.36. The molecule has 1 aromatic carbocycles. The van der Waals surface area contributed by atoms with Crippen molar-refractivity contribution in [3.63, 3.8) is 0 Å². The van der Waals surface area contributed by atoms with Gasteiger partial charge < -0.3 is 24.5 Å². The maximum absolute atomic E-state index is 14.3. The van der Waals surface area contributed by atoms with Crippen molar-refractivity contribution in [2.75, 3.05) is 18.9 Å². The van der Waals surface area contributed by atoms with Crippen molar-refractivity contribution in [2.45, 2.75) is 38.3 Å². The summed E-state index contributed by atoms with van der Waals surface area (Å²) in [6.45, 7) is 1.67. The average Bonchev–Trinajstić information content (AvgIpc) is 3.52. The fourth-order valence-corrected chi connectivity index (χ4v) is 4.82. The SMILES string of the molecule is Cn1cncc1COc1cc(F)cc(OC2=CC=C(c3nn(C4CCOCC4)c4ncnc(N)c34)CC2)c1. The summed E-state index contributed by atoms with van der Waals surface area (Å²) in [4.78, 5) is 12.8. The first-order valence-electron chi connectivity index (χ1n) is 12.6. The van der Waals surface area contributed by atoms with Crippen LogP contribution in [0.25, 0.3) is 16.6 Å². The van der Waals surface area contributed by atoms with Gasteiger partial charge in [-0.05, 0) is 30.9 Å². The van der Waals surface area contributed by atoms with Gasteiger partial charge in [0.15, 0.2) is 5.65 Å². The minimum absolute atomic E-state index is 0.204. The Hall–Kier alpha value is -4.25. The van der Waals surface area contributed by atoms with Crippen LogP contribution in [0.3, 0.4) is 0 Å². The second-order valence-corrected chi connectivity index (χ2v) is 9.43. The number of hydrogen-bond donors (Lipinski definition) is 1. The van der Waals surface area contributed by atoms with Crippen molar-refractivity contribution in [3.8, 4) is 11.5 Å². The highest BCUT2D eigenvalue weighted by molar-refractivity contribution is 5.96. The molecule has 2 N–H and O–H groups in total. The van der Waals surface area contributed by atoms with E-state index < -0.39 is 5.82 Å². The van der Waals surface area contributed by atoms with Gasteiger partial charge in [-0.15, -0.1) is 0 Å². The second-order valence-electron chi connectivity index (χ2n) is 9.43. The monoisotopic (exact) mass is 517 g/mol. The number of aromatic nitrogens is 6. The van der Waals surface area contributed by atoms with E-state index in [1.165, 1.54) is 18.5 Å². The van der Waals surface area contributed by atoms with Crippen LogP contribution in [0.15, 0.2) is 55.0 Å². The standard InChI is InChI=1S/C27H28FN7O3/c1-34-16-30-13-20(34)14-37-22-10-18(28)11-23(12-22)38-21-4-2-17(3-5-21)25-24-26(29)31-15-32-27(24)35(33-25)19-6-8-36-9-7-19/h2,4,10-13,15-16,19H,3,5-9,14H2,1H3,(H2,29,31,32). The smallest absolute Gasteiger partial charge is 0.164 e. The first-order valence-corrected chi connectivity index (χ1v) is 12.6. The van der Waals surface area contributed by atoms with Gasteiger partial charge in [-0.3, -0.25) is 0 Å². The molecule has 0 bridgehead atoms.